The summed E-state index contributed by atoms with van der Waals surface area (Å²) in [5.41, 5.74) is 1.71. The first-order valence-electron chi connectivity index (χ1n) is 11.5. The zero-order valence-electron chi connectivity index (χ0n) is 20.3. The number of nitrogens with one attached hydrogen (secondary N) is 1. The average molecular weight is 489 g/mol. The molecule has 4 rings (SSSR count). The van der Waals surface area contributed by atoms with Gasteiger partial charge in [0.2, 0.25) is 0 Å². The Labute approximate surface area is 202 Å². The summed E-state index contributed by atoms with van der Waals surface area (Å²) in [5, 5.41) is 2.80. The van der Waals surface area contributed by atoms with E-state index in [4.69, 9.17) is 14.2 Å². The van der Waals surface area contributed by atoms with Crippen LogP contribution in [0.4, 0.5) is 8.78 Å². The normalized spacial score (nSPS) is 14.4. The largest absolute Gasteiger partial charge is 0.496 e. The third-order valence-corrected chi connectivity index (χ3v) is 6.07. The van der Waals surface area contributed by atoms with Crippen molar-refractivity contribution in [2.75, 3.05) is 27.8 Å². The summed E-state index contributed by atoms with van der Waals surface area (Å²) in [4.78, 5) is 19.3. The van der Waals surface area contributed by atoms with E-state index in [0.29, 0.717) is 29.3 Å². The zero-order valence-corrected chi connectivity index (χ0v) is 20.3. The van der Waals surface area contributed by atoms with Gasteiger partial charge in [-0.1, -0.05) is 6.92 Å². The molecule has 2 aromatic heterocycles. The Morgan fingerprint density at radius 1 is 1.26 bits per heavy atom. The van der Waals surface area contributed by atoms with Gasteiger partial charge in [-0.25, -0.2) is 4.98 Å². The van der Waals surface area contributed by atoms with E-state index in [2.05, 4.69) is 22.1 Å². The molecule has 1 N–H and O–H groups in total. The molecule has 8 nitrogen and oxygen atoms in total. The number of fused-ring (bicyclic) bond motifs is 1. The fraction of sp³-hybridized carbons (Fsp3) is 0.440. The summed E-state index contributed by atoms with van der Waals surface area (Å²) in [6, 6.07) is 7.01. The molecule has 10 heteroatoms. The summed E-state index contributed by atoms with van der Waals surface area (Å²) in [7, 11) is 5.42. The van der Waals surface area contributed by atoms with E-state index in [9.17, 15) is 13.6 Å². The molecule has 1 atom stereocenters. The summed E-state index contributed by atoms with van der Waals surface area (Å²) >= 11 is 0. The monoisotopic (exact) mass is 488 g/mol. The Morgan fingerprint density at radius 2 is 2.00 bits per heavy atom. The number of nitrogens with zero attached hydrogens (tertiary/aromatic N) is 3. The molecule has 1 aliphatic carbocycles. The predicted octanol–water partition coefficient (Wildman–Crippen LogP) is 4.22. The molecule has 2 heterocycles. The van der Waals surface area contributed by atoms with Crippen LogP contribution in [0.2, 0.25) is 0 Å². The van der Waals surface area contributed by atoms with Crippen LogP contribution in [-0.4, -0.2) is 66.7 Å². The number of hydrogen-bond donors (Lipinski definition) is 1. The maximum absolute atomic E-state index is 13.2. The van der Waals surface area contributed by atoms with E-state index < -0.39 is 12.5 Å². The van der Waals surface area contributed by atoms with Gasteiger partial charge in [-0.3, -0.25) is 9.20 Å². The maximum Gasteiger partial charge on any atom is 0.387 e. The fourth-order valence-corrected chi connectivity index (χ4v) is 3.89. The van der Waals surface area contributed by atoms with Crippen LogP contribution in [0, 0.1) is 0 Å². The van der Waals surface area contributed by atoms with Gasteiger partial charge in [-0.05, 0) is 51.6 Å². The van der Waals surface area contributed by atoms with E-state index in [-0.39, 0.29) is 29.1 Å². The lowest BCUT2D eigenvalue weighted by Gasteiger charge is -2.22. The second-order valence-electron chi connectivity index (χ2n) is 8.75. The van der Waals surface area contributed by atoms with Gasteiger partial charge in [0.15, 0.2) is 0 Å². The fourth-order valence-electron chi connectivity index (χ4n) is 3.89. The third-order valence-electron chi connectivity index (χ3n) is 6.07. The first-order valence-corrected chi connectivity index (χ1v) is 11.5. The van der Waals surface area contributed by atoms with Crippen LogP contribution in [0.3, 0.4) is 0 Å². The Morgan fingerprint density at radius 3 is 2.63 bits per heavy atom. The summed E-state index contributed by atoms with van der Waals surface area (Å²) < 4.78 is 44.4. The van der Waals surface area contributed by atoms with Crippen molar-refractivity contribution in [1.82, 2.24) is 19.6 Å². The van der Waals surface area contributed by atoms with Gasteiger partial charge in [0.05, 0.1) is 19.0 Å². The number of aromatic nitrogens is 2. The Balaban J connectivity index is 1.67. The van der Waals surface area contributed by atoms with Crippen LogP contribution in [0.5, 0.6) is 17.2 Å². The van der Waals surface area contributed by atoms with Crippen LogP contribution < -0.4 is 19.5 Å². The highest BCUT2D eigenvalue weighted by Crippen LogP contribution is 2.37. The van der Waals surface area contributed by atoms with Crippen molar-refractivity contribution >= 4 is 11.6 Å². The number of halogens is 2. The van der Waals surface area contributed by atoms with Crippen LogP contribution >= 0.6 is 0 Å². The van der Waals surface area contributed by atoms with Gasteiger partial charge in [0, 0.05) is 29.9 Å². The van der Waals surface area contributed by atoms with Crippen molar-refractivity contribution in [2.24, 2.45) is 0 Å². The number of carbonyl (C=O) groups excluding carboxylic acids is 1. The second kappa shape index (κ2) is 10.5. The Hall–Kier alpha value is -3.40. The van der Waals surface area contributed by atoms with Gasteiger partial charge < -0.3 is 24.4 Å². The molecule has 0 radical (unpaired) electrons. The number of amides is 1. The van der Waals surface area contributed by atoms with Gasteiger partial charge >= 0.3 is 6.61 Å². The number of imidazole rings is 1. The number of benzene rings is 1. The van der Waals surface area contributed by atoms with E-state index in [1.165, 1.54) is 13.2 Å². The van der Waals surface area contributed by atoms with Crippen molar-refractivity contribution in [3.63, 3.8) is 0 Å². The van der Waals surface area contributed by atoms with Crippen LogP contribution in [0.25, 0.3) is 16.9 Å². The van der Waals surface area contributed by atoms with Crippen LogP contribution in [-0.2, 0) is 0 Å². The Kier molecular flexibility index (Phi) is 7.39. The van der Waals surface area contributed by atoms with Gasteiger partial charge in [0.1, 0.15) is 35.1 Å². The molecule has 0 bridgehead atoms. The lowest BCUT2D eigenvalue weighted by molar-refractivity contribution is -0.0502. The molecular formula is C25H30F2N4O4. The molecule has 3 aromatic rings. The van der Waals surface area contributed by atoms with Crippen LogP contribution in [0.1, 0.15) is 36.5 Å². The molecular weight excluding hydrogens is 458 g/mol. The van der Waals surface area contributed by atoms with Crippen LogP contribution in [0.15, 0.2) is 36.7 Å². The van der Waals surface area contributed by atoms with Crippen molar-refractivity contribution < 1.29 is 27.8 Å². The highest BCUT2D eigenvalue weighted by Gasteiger charge is 2.29. The first kappa shape index (κ1) is 24.7. The quantitative estimate of drug-likeness (QED) is 0.436. The topological polar surface area (TPSA) is 77.3 Å². The minimum atomic E-state index is -3.10. The molecule has 1 fully saturated rings. The maximum atomic E-state index is 13.2. The smallest absolute Gasteiger partial charge is 0.387 e. The van der Waals surface area contributed by atoms with E-state index >= 15 is 0 Å². The van der Waals surface area contributed by atoms with Crippen molar-refractivity contribution in [3.8, 4) is 28.5 Å². The SMILES string of the molecule is CCC(COc1ccn2c(-c3cc(OC)c(C(=O)NC4CC4)c(OC(F)F)c3)cnc2c1)N(C)C. The lowest BCUT2D eigenvalue weighted by Crippen LogP contribution is -2.32. The molecule has 0 saturated heterocycles. The molecule has 0 spiro atoms. The van der Waals surface area contributed by atoms with E-state index in [1.54, 1.807) is 22.9 Å². The van der Waals surface area contributed by atoms with Gasteiger partial charge in [0.25, 0.3) is 5.91 Å². The lowest BCUT2D eigenvalue weighted by atomic mass is 10.1. The molecule has 1 aliphatic rings. The number of methoxy groups -OCH3 is 1. The van der Waals surface area contributed by atoms with Crippen molar-refractivity contribution in [1.29, 1.82) is 0 Å². The minimum Gasteiger partial charge on any atom is -0.496 e. The third kappa shape index (κ3) is 5.64. The highest BCUT2D eigenvalue weighted by molar-refractivity contribution is 6.01. The second-order valence-corrected chi connectivity index (χ2v) is 8.75. The first-order chi connectivity index (χ1) is 16.8. The summed E-state index contributed by atoms with van der Waals surface area (Å²) in [6.07, 6.45) is 6.11. The number of hydrogen-bond acceptors (Lipinski definition) is 6. The molecule has 1 unspecified atom stereocenters. The molecule has 1 aromatic carbocycles. The predicted molar refractivity (Wildman–Crippen MR) is 128 cm³/mol. The summed E-state index contributed by atoms with van der Waals surface area (Å²) in [6.45, 7) is -0.444. The average Bonchev–Trinajstić information content (AvgIpc) is 3.53. The number of ether oxygens (including phenoxy) is 3. The number of pyridine rings is 1. The highest BCUT2D eigenvalue weighted by atomic mass is 19.3. The molecule has 188 valence electrons. The van der Waals surface area contributed by atoms with E-state index in [0.717, 1.165) is 19.3 Å². The van der Waals surface area contributed by atoms with Crippen molar-refractivity contribution in [2.45, 2.75) is 44.9 Å². The standard InChI is InChI=1S/C25H30F2N4O4/c1-5-17(30(2)3)14-34-18-8-9-31-19(13-28-22(31)12-18)15-10-20(33-4)23(21(11-15)35-25(26)27)24(32)29-16-6-7-16/h8-13,16-17,25H,5-7,14H2,1-4H3,(H,29,32). The van der Waals surface area contributed by atoms with Gasteiger partial charge in [-0.2, -0.15) is 8.78 Å². The summed E-state index contributed by atoms with van der Waals surface area (Å²) in [5.74, 6) is 0.0631. The van der Waals surface area contributed by atoms with E-state index in [1.807, 2.05) is 26.2 Å². The number of carbonyl (C=O) groups is 1. The minimum absolute atomic E-state index is 0.0480. The zero-order chi connectivity index (χ0) is 25.1. The Bertz CT molecular complexity index is 1190. The van der Waals surface area contributed by atoms with Crippen molar-refractivity contribution in [3.05, 3.63) is 42.2 Å². The molecule has 1 saturated carbocycles. The molecule has 1 amide bonds. The van der Waals surface area contributed by atoms with Gasteiger partial charge in [-0.15, -0.1) is 0 Å². The molecule has 35 heavy (non-hydrogen) atoms. The number of alkyl halides is 2. The number of rotatable bonds is 11. The molecule has 0 aliphatic heterocycles. The number of likely N-dealkylation sites (N-methyl/N-ethyl adjacent to an activating group) is 1.